The first kappa shape index (κ1) is 17.6. The maximum absolute atomic E-state index is 12.3. The molecule has 2 aliphatic rings. The minimum Gasteiger partial charge on any atom is -0.375 e. The maximum atomic E-state index is 12.3. The van der Waals surface area contributed by atoms with E-state index in [0.29, 0.717) is 6.61 Å². The molecule has 6 heteroatoms. The number of nitrogens with one attached hydrogen (secondary N) is 2. The van der Waals surface area contributed by atoms with E-state index in [1.807, 2.05) is 24.8 Å². The minimum atomic E-state index is -0.226. The Hall–Kier alpha value is -0.750. The van der Waals surface area contributed by atoms with Crippen LogP contribution in [0.3, 0.4) is 0 Å². The lowest BCUT2D eigenvalue weighted by Crippen LogP contribution is -2.56. The number of thioether (sulfide) groups is 1. The van der Waals surface area contributed by atoms with Crippen LogP contribution in [0.2, 0.25) is 0 Å². The van der Waals surface area contributed by atoms with E-state index in [-0.39, 0.29) is 35.2 Å². The van der Waals surface area contributed by atoms with E-state index in [1.165, 1.54) is 4.90 Å². The van der Waals surface area contributed by atoms with Gasteiger partial charge in [0.25, 0.3) is 0 Å². The van der Waals surface area contributed by atoms with Crippen LogP contribution in [0.1, 0.15) is 19.8 Å². The molecule has 1 amide bonds. The molecule has 122 valence electrons. The van der Waals surface area contributed by atoms with Crippen molar-refractivity contribution >= 4 is 30.1 Å². The van der Waals surface area contributed by atoms with Crippen LogP contribution in [0.15, 0.2) is 35.2 Å². The second kappa shape index (κ2) is 7.68. The molecule has 0 spiro atoms. The summed E-state index contributed by atoms with van der Waals surface area (Å²) in [5.41, 5.74) is 0. The number of carbonyl (C=O) groups excluding carboxylic acids is 1. The summed E-state index contributed by atoms with van der Waals surface area (Å²) in [4.78, 5) is 13.5. The Morgan fingerprint density at radius 2 is 2.14 bits per heavy atom. The fourth-order valence-electron chi connectivity index (χ4n) is 2.58. The Bertz CT molecular complexity index is 496. The van der Waals surface area contributed by atoms with Gasteiger partial charge in [-0.1, -0.05) is 18.2 Å². The highest BCUT2D eigenvalue weighted by Crippen LogP contribution is 2.51. The number of rotatable bonds is 5. The summed E-state index contributed by atoms with van der Waals surface area (Å²) in [5, 5.41) is 6.33. The Morgan fingerprint density at radius 3 is 2.77 bits per heavy atom. The quantitative estimate of drug-likeness (QED) is 0.861. The topological polar surface area (TPSA) is 50.4 Å². The van der Waals surface area contributed by atoms with Crippen LogP contribution in [0, 0.1) is 0 Å². The first-order valence-corrected chi connectivity index (χ1v) is 8.37. The van der Waals surface area contributed by atoms with Crippen molar-refractivity contribution in [3.05, 3.63) is 30.3 Å². The fourth-order valence-corrected chi connectivity index (χ4v) is 3.82. The SMILES string of the molecule is C[C@H]1OCCN[C@@H]1C(=O)NCC1(Sc2ccccc2)CC1.Cl. The van der Waals surface area contributed by atoms with Crippen LogP contribution in [0.25, 0.3) is 0 Å². The van der Waals surface area contributed by atoms with Gasteiger partial charge in [0.05, 0.1) is 12.7 Å². The van der Waals surface area contributed by atoms with Crippen molar-refractivity contribution < 1.29 is 9.53 Å². The number of morpholine rings is 1. The maximum Gasteiger partial charge on any atom is 0.239 e. The van der Waals surface area contributed by atoms with Crippen LogP contribution in [-0.4, -0.2) is 42.5 Å². The van der Waals surface area contributed by atoms with Gasteiger partial charge < -0.3 is 15.4 Å². The monoisotopic (exact) mass is 342 g/mol. The number of hydrogen-bond acceptors (Lipinski definition) is 4. The first-order chi connectivity index (χ1) is 10.2. The minimum absolute atomic E-state index is 0. The van der Waals surface area contributed by atoms with Crippen molar-refractivity contribution in [3.63, 3.8) is 0 Å². The van der Waals surface area contributed by atoms with Gasteiger partial charge in [0.1, 0.15) is 6.04 Å². The molecule has 2 N–H and O–H groups in total. The molecule has 3 rings (SSSR count). The summed E-state index contributed by atoms with van der Waals surface area (Å²) < 4.78 is 5.72. The van der Waals surface area contributed by atoms with Gasteiger partial charge in [0, 0.05) is 22.7 Å². The first-order valence-electron chi connectivity index (χ1n) is 7.55. The molecule has 0 radical (unpaired) electrons. The van der Waals surface area contributed by atoms with Crippen molar-refractivity contribution in [3.8, 4) is 0 Å². The standard InChI is InChI=1S/C16H22N2O2S.ClH/c1-12-14(17-9-10-20-12)15(19)18-11-16(7-8-16)21-13-5-3-2-4-6-13;/h2-6,12,14,17H,7-11H2,1H3,(H,18,19);1H/t12-,14+;/m1./s1. The van der Waals surface area contributed by atoms with Gasteiger partial charge in [-0.15, -0.1) is 24.2 Å². The number of hydrogen-bond donors (Lipinski definition) is 2. The molecule has 1 aliphatic heterocycles. The number of halogens is 1. The third-order valence-corrected chi connectivity index (χ3v) is 5.56. The molecule has 1 saturated carbocycles. The van der Waals surface area contributed by atoms with Crippen molar-refractivity contribution in [2.75, 3.05) is 19.7 Å². The summed E-state index contributed by atoms with van der Waals surface area (Å²) in [7, 11) is 0. The molecular weight excluding hydrogens is 320 g/mol. The van der Waals surface area contributed by atoms with Crippen molar-refractivity contribution in [1.82, 2.24) is 10.6 Å². The number of ether oxygens (including phenoxy) is 1. The van der Waals surface area contributed by atoms with Crippen LogP contribution >= 0.6 is 24.2 Å². The van der Waals surface area contributed by atoms with E-state index >= 15 is 0 Å². The Labute approximate surface area is 142 Å². The van der Waals surface area contributed by atoms with Gasteiger partial charge in [0.2, 0.25) is 5.91 Å². The molecule has 4 nitrogen and oxygen atoms in total. The number of benzene rings is 1. The van der Waals surface area contributed by atoms with Crippen LogP contribution < -0.4 is 10.6 Å². The smallest absolute Gasteiger partial charge is 0.239 e. The predicted octanol–water partition coefficient (Wildman–Crippen LogP) is 2.23. The van der Waals surface area contributed by atoms with Gasteiger partial charge in [0.15, 0.2) is 0 Å². The molecule has 1 aromatic rings. The van der Waals surface area contributed by atoms with E-state index in [1.54, 1.807) is 0 Å². The van der Waals surface area contributed by atoms with E-state index in [9.17, 15) is 4.79 Å². The van der Waals surface area contributed by atoms with Gasteiger partial charge >= 0.3 is 0 Å². The molecule has 1 aromatic carbocycles. The predicted molar refractivity (Wildman–Crippen MR) is 91.7 cm³/mol. The molecule has 0 aromatic heterocycles. The average molecular weight is 343 g/mol. The zero-order chi connectivity index (χ0) is 14.7. The second-order valence-electron chi connectivity index (χ2n) is 5.82. The lowest BCUT2D eigenvalue weighted by atomic mass is 10.1. The van der Waals surface area contributed by atoms with Crippen LogP contribution in [0.4, 0.5) is 0 Å². The molecule has 0 bridgehead atoms. The second-order valence-corrected chi connectivity index (χ2v) is 7.37. The molecule has 0 unspecified atom stereocenters. The fraction of sp³-hybridized carbons (Fsp3) is 0.562. The van der Waals surface area contributed by atoms with E-state index in [4.69, 9.17) is 4.74 Å². The molecular formula is C16H23ClN2O2S. The molecule has 22 heavy (non-hydrogen) atoms. The van der Waals surface area contributed by atoms with E-state index in [2.05, 4.69) is 34.9 Å². The van der Waals surface area contributed by atoms with Gasteiger partial charge in [-0.3, -0.25) is 4.79 Å². The summed E-state index contributed by atoms with van der Waals surface area (Å²) in [6.07, 6.45) is 2.27. The largest absolute Gasteiger partial charge is 0.375 e. The summed E-state index contributed by atoms with van der Waals surface area (Å²) in [5.74, 6) is 0.0575. The average Bonchev–Trinajstić information content (AvgIpc) is 3.26. The zero-order valence-corrected chi connectivity index (χ0v) is 14.3. The van der Waals surface area contributed by atoms with Crippen molar-refractivity contribution in [1.29, 1.82) is 0 Å². The lowest BCUT2D eigenvalue weighted by molar-refractivity contribution is -0.128. The third kappa shape index (κ3) is 4.38. The zero-order valence-electron chi connectivity index (χ0n) is 12.7. The summed E-state index contributed by atoms with van der Waals surface area (Å²) in [6.45, 7) is 4.10. The number of carbonyl (C=O) groups is 1. The highest BCUT2D eigenvalue weighted by atomic mass is 35.5. The Balaban J connectivity index is 0.00000176. The van der Waals surface area contributed by atoms with Gasteiger partial charge in [-0.05, 0) is 31.9 Å². The molecule has 2 fully saturated rings. The highest BCUT2D eigenvalue weighted by Gasteiger charge is 2.44. The van der Waals surface area contributed by atoms with Crippen molar-refractivity contribution in [2.45, 2.75) is 41.6 Å². The van der Waals surface area contributed by atoms with Crippen LogP contribution in [0.5, 0.6) is 0 Å². The normalized spacial score (nSPS) is 25.9. The Morgan fingerprint density at radius 1 is 1.41 bits per heavy atom. The number of amides is 1. The molecule has 2 atom stereocenters. The van der Waals surface area contributed by atoms with E-state index < -0.39 is 0 Å². The third-order valence-electron chi connectivity index (χ3n) is 4.07. The molecule has 1 aliphatic carbocycles. The molecule has 1 heterocycles. The lowest BCUT2D eigenvalue weighted by Gasteiger charge is -2.29. The summed E-state index contributed by atoms with van der Waals surface area (Å²) in [6, 6.07) is 10.2. The van der Waals surface area contributed by atoms with Gasteiger partial charge in [-0.25, -0.2) is 0 Å². The van der Waals surface area contributed by atoms with Crippen molar-refractivity contribution in [2.24, 2.45) is 0 Å². The van der Waals surface area contributed by atoms with Crippen LogP contribution in [-0.2, 0) is 9.53 Å². The summed E-state index contributed by atoms with van der Waals surface area (Å²) >= 11 is 1.88. The Kier molecular flexibility index (Phi) is 6.15. The van der Waals surface area contributed by atoms with Gasteiger partial charge in [-0.2, -0.15) is 0 Å². The molecule has 1 saturated heterocycles. The van der Waals surface area contributed by atoms with E-state index in [0.717, 1.165) is 25.9 Å². The highest BCUT2D eigenvalue weighted by molar-refractivity contribution is 8.01.